The Morgan fingerprint density at radius 3 is 2.69 bits per heavy atom. The summed E-state index contributed by atoms with van der Waals surface area (Å²) in [5, 5.41) is 15.6. The van der Waals surface area contributed by atoms with Crippen LogP contribution < -0.4 is 15.4 Å². The Morgan fingerprint density at radius 1 is 1.12 bits per heavy atom. The molecule has 134 valence electrons. The first-order chi connectivity index (χ1) is 12.5. The summed E-state index contributed by atoms with van der Waals surface area (Å²) in [7, 11) is 1.54. The van der Waals surface area contributed by atoms with Crippen molar-refractivity contribution in [2.75, 3.05) is 17.7 Å². The van der Waals surface area contributed by atoms with Gasteiger partial charge in [-0.15, -0.1) is 10.2 Å². The minimum atomic E-state index is -0.424. The van der Waals surface area contributed by atoms with Crippen LogP contribution in [0.1, 0.15) is 10.6 Å². The molecule has 9 heteroatoms. The molecule has 0 bridgehead atoms. The first kappa shape index (κ1) is 18.4. The van der Waals surface area contributed by atoms with E-state index in [1.54, 1.807) is 37.4 Å². The smallest absolute Gasteiger partial charge is 0.325 e. The number of benzene rings is 2. The molecule has 2 N–H and O–H groups in total. The number of methoxy groups -OCH3 is 1. The van der Waals surface area contributed by atoms with Gasteiger partial charge < -0.3 is 10.1 Å². The van der Waals surface area contributed by atoms with E-state index in [4.69, 9.17) is 27.9 Å². The van der Waals surface area contributed by atoms with Gasteiger partial charge in [-0.25, -0.2) is 4.79 Å². The van der Waals surface area contributed by atoms with E-state index in [0.717, 1.165) is 10.6 Å². The van der Waals surface area contributed by atoms with E-state index in [2.05, 4.69) is 20.8 Å². The summed E-state index contributed by atoms with van der Waals surface area (Å²) < 4.78 is 5.20. The van der Waals surface area contributed by atoms with E-state index in [1.165, 1.54) is 11.3 Å². The van der Waals surface area contributed by atoms with Gasteiger partial charge in [0.05, 0.1) is 22.8 Å². The zero-order valence-corrected chi connectivity index (χ0v) is 16.0. The molecule has 1 heterocycles. The number of anilines is 2. The van der Waals surface area contributed by atoms with Crippen LogP contribution in [0.2, 0.25) is 10.0 Å². The fourth-order valence-corrected chi connectivity index (χ4v) is 3.29. The van der Waals surface area contributed by atoms with Crippen LogP contribution in [0.4, 0.5) is 15.6 Å². The summed E-state index contributed by atoms with van der Waals surface area (Å²) in [6, 6.07) is 12.1. The maximum atomic E-state index is 12.1. The highest BCUT2D eigenvalue weighted by molar-refractivity contribution is 7.15. The van der Waals surface area contributed by atoms with Crippen molar-refractivity contribution in [1.82, 2.24) is 10.2 Å². The van der Waals surface area contributed by atoms with Crippen molar-refractivity contribution in [3.63, 3.8) is 0 Å². The highest BCUT2D eigenvalue weighted by atomic mass is 35.5. The SMILES string of the molecule is COc1ccccc1NC(=O)Nc1nnc(Cc2ccc(Cl)c(Cl)c2)s1. The van der Waals surface area contributed by atoms with Crippen molar-refractivity contribution < 1.29 is 9.53 Å². The number of carbonyl (C=O) groups excluding carboxylic acids is 1. The number of para-hydroxylation sites is 2. The summed E-state index contributed by atoms with van der Waals surface area (Å²) in [5.74, 6) is 0.570. The van der Waals surface area contributed by atoms with E-state index in [0.29, 0.717) is 33.0 Å². The third-order valence-corrected chi connectivity index (χ3v) is 4.96. The topological polar surface area (TPSA) is 76.1 Å². The molecule has 0 unspecified atom stereocenters. The van der Waals surface area contributed by atoms with Crippen LogP contribution in [-0.2, 0) is 6.42 Å². The number of hydrogen-bond acceptors (Lipinski definition) is 5. The Kier molecular flexibility index (Phi) is 5.92. The van der Waals surface area contributed by atoms with Gasteiger partial charge in [0.2, 0.25) is 5.13 Å². The Bertz CT molecular complexity index is 933. The second kappa shape index (κ2) is 8.35. The summed E-state index contributed by atoms with van der Waals surface area (Å²) >= 11 is 13.2. The first-order valence-electron chi connectivity index (χ1n) is 7.52. The molecular formula is C17H14Cl2N4O2S. The van der Waals surface area contributed by atoms with E-state index in [1.807, 2.05) is 12.1 Å². The largest absolute Gasteiger partial charge is 0.495 e. The standard InChI is InChI=1S/C17H14Cl2N4O2S/c1-25-14-5-3-2-4-13(14)20-16(24)21-17-23-22-15(26-17)9-10-6-7-11(18)12(19)8-10/h2-8H,9H2,1H3,(H2,20,21,23,24). The van der Waals surface area contributed by atoms with Gasteiger partial charge in [-0.05, 0) is 29.8 Å². The minimum absolute atomic E-state index is 0.396. The number of urea groups is 1. The number of rotatable bonds is 5. The Morgan fingerprint density at radius 2 is 1.92 bits per heavy atom. The lowest BCUT2D eigenvalue weighted by atomic mass is 10.2. The van der Waals surface area contributed by atoms with E-state index in [-0.39, 0.29) is 0 Å². The van der Waals surface area contributed by atoms with Gasteiger partial charge in [-0.1, -0.05) is 52.7 Å². The molecule has 0 saturated carbocycles. The van der Waals surface area contributed by atoms with Gasteiger partial charge in [0.25, 0.3) is 0 Å². The van der Waals surface area contributed by atoms with Crippen LogP contribution in [0.15, 0.2) is 42.5 Å². The first-order valence-corrected chi connectivity index (χ1v) is 9.09. The highest BCUT2D eigenvalue weighted by Gasteiger charge is 2.11. The molecule has 0 aliphatic heterocycles. The van der Waals surface area contributed by atoms with E-state index >= 15 is 0 Å². The van der Waals surface area contributed by atoms with Gasteiger partial charge in [-0.3, -0.25) is 5.32 Å². The van der Waals surface area contributed by atoms with Crippen molar-refractivity contribution in [2.45, 2.75) is 6.42 Å². The van der Waals surface area contributed by atoms with Gasteiger partial charge in [0.1, 0.15) is 10.8 Å². The second-order valence-corrected chi connectivity index (χ2v) is 7.08. The lowest BCUT2D eigenvalue weighted by Crippen LogP contribution is -2.19. The summed E-state index contributed by atoms with van der Waals surface area (Å²) in [6.45, 7) is 0. The molecule has 0 fully saturated rings. The number of amides is 2. The molecule has 2 amide bonds. The maximum Gasteiger partial charge on any atom is 0.325 e. The summed E-state index contributed by atoms with van der Waals surface area (Å²) in [5.41, 5.74) is 1.52. The van der Waals surface area contributed by atoms with Crippen molar-refractivity contribution in [3.8, 4) is 5.75 Å². The monoisotopic (exact) mass is 408 g/mol. The fraction of sp³-hybridized carbons (Fsp3) is 0.118. The van der Waals surface area contributed by atoms with E-state index < -0.39 is 6.03 Å². The van der Waals surface area contributed by atoms with Crippen molar-refractivity contribution in [1.29, 1.82) is 0 Å². The molecule has 3 aromatic rings. The average Bonchev–Trinajstić information content (AvgIpc) is 3.05. The van der Waals surface area contributed by atoms with Crippen molar-refractivity contribution in [2.24, 2.45) is 0 Å². The zero-order chi connectivity index (χ0) is 18.5. The molecule has 0 spiro atoms. The normalized spacial score (nSPS) is 10.4. The van der Waals surface area contributed by atoms with Crippen molar-refractivity contribution in [3.05, 3.63) is 63.1 Å². The lowest BCUT2D eigenvalue weighted by molar-refractivity contribution is 0.262. The quantitative estimate of drug-likeness (QED) is 0.616. The van der Waals surface area contributed by atoms with Crippen LogP contribution >= 0.6 is 34.5 Å². The van der Waals surface area contributed by atoms with Gasteiger partial charge in [0.15, 0.2) is 0 Å². The van der Waals surface area contributed by atoms with Crippen molar-refractivity contribution >= 4 is 51.4 Å². The molecule has 6 nitrogen and oxygen atoms in total. The van der Waals surface area contributed by atoms with Crippen LogP contribution in [0.5, 0.6) is 5.75 Å². The molecule has 26 heavy (non-hydrogen) atoms. The lowest BCUT2D eigenvalue weighted by Gasteiger charge is -2.09. The predicted molar refractivity (Wildman–Crippen MR) is 105 cm³/mol. The molecule has 0 radical (unpaired) electrons. The Balaban J connectivity index is 1.62. The Hall–Kier alpha value is -2.35. The molecule has 2 aromatic carbocycles. The van der Waals surface area contributed by atoms with Gasteiger partial charge >= 0.3 is 6.03 Å². The summed E-state index contributed by atoms with van der Waals surface area (Å²) in [4.78, 5) is 12.1. The fourth-order valence-electron chi connectivity index (χ4n) is 2.20. The zero-order valence-electron chi connectivity index (χ0n) is 13.6. The molecule has 0 atom stereocenters. The molecule has 0 aliphatic carbocycles. The maximum absolute atomic E-state index is 12.1. The van der Waals surface area contributed by atoms with E-state index in [9.17, 15) is 4.79 Å². The van der Waals surface area contributed by atoms with Crippen LogP contribution in [0.25, 0.3) is 0 Å². The van der Waals surface area contributed by atoms with Gasteiger partial charge in [-0.2, -0.15) is 0 Å². The predicted octanol–water partition coefficient (Wildman–Crippen LogP) is 5.09. The summed E-state index contributed by atoms with van der Waals surface area (Å²) in [6.07, 6.45) is 0.546. The number of halogens is 2. The number of hydrogen-bond donors (Lipinski definition) is 2. The number of carbonyl (C=O) groups is 1. The molecule has 3 rings (SSSR count). The molecule has 0 saturated heterocycles. The second-order valence-electron chi connectivity index (χ2n) is 5.21. The third-order valence-electron chi connectivity index (χ3n) is 3.38. The van der Waals surface area contributed by atoms with Crippen LogP contribution in [0.3, 0.4) is 0 Å². The van der Waals surface area contributed by atoms with Crippen LogP contribution in [0, 0.1) is 0 Å². The Labute approximate surface area is 164 Å². The van der Waals surface area contributed by atoms with Gasteiger partial charge in [0, 0.05) is 6.42 Å². The minimum Gasteiger partial charge on any atom is -0.495 e. The third kappa shape index (κ3) is 4.63. The van der Waals surface area contributed by atoms with Crippen LogP contribution in [-0.4, -0.2) is 23.3 Å². The number of aromatic nitrogens is 2. The molecular weight excluding hydrogens is 395 g/mol. The number of ether oxygens (including phenoxy) is 1. The molecule has 0 aliphatic rings. The highest BCUT2D eigenvalue weighted by Crippen LogP contribution is 2.26. The number of nitrogens with zero attached hydrogens (tertiary/aromatic N) is 2. The number of nitrogens with one attached hydrogen (secondary N) is 2. The average molecular weight is 409 g/mol. The molecule has 1 aromatic heterocycles.